The molecule has 2 rings (SSSR count). The molecule has 2 aliphatic rings. The fourth-order valence-electron chi connectivity index (χ4n) is 2.97. The number of nitrogens with zero attached hydrogens (tertiary/aromatic N) is 2. The van der Waals surface area contributed by atoms with E-state index in [2.05, 4.69) is 0 Å². The fraction of sp³-hybridized carbons (Fsp3) is 0.615. The first-order valence-corrected chi connectivity index (χ1v) is 7.46. The zero-order valence-corrected chi connectivity index (χ0v) is 12.2. The zero-order valence-electron chi connectivity index (χ0n) is 11.4. The SMILES string of the molecule is C[C@@H](N)[C@H]1C(=O)N2C(C(=O)O)=C(SCCC#N)[C@H](C)[C@H]12. The van der Waals surface area contributed by atoms with E-state index < -0.39 is 5.97 Å². The van der Waals surface area contributed by atoms with Crippen molar-refractivity contribution in [1.82, 2.24) is 4.90 Å². The van der Waals surface area contributed by atoms with Crippen LogP contribution in [0, 0.1) is 23.2 Å². The number of carboxylic acids is 1. The number of fused-ring (bicyclic) bond motifs is 1. The molecule has 6 nitrogen and oxygen atoms in total. The average molecular weight is 295 g/mol. The van der Waals surface area contributed by atoms with Crippen LogP contribution in [0.3, 0.4) is 0 Å². The van der Waals surface area contributed by atoms with E-state index in [0.29, 0.717) is 17.1 Å². The highest BCUT2D eigenvalue weighted by atomic mass is 32.2. The third-order valence-corrected chi connectivity index (χ3v) is 5.11. The number of thioether (sulfide) groups is 1. The Morgan fingerprint density at radius 1 is 1.65 bits per heavy atom. The van der Waals surface area contributed by atoms with Crippen molar-refractivity contribution in [1.29, 1.82) is 5.26 Å². The number of carboxylic acid groups (broad SMARTS) is 1. The van der Waals surface area contributed by atoms with Gasteiger partial charge in [-0.2, -0.15) is 5.26 Å². The molecule has 1 fully saturated rings. The summed E-state index contributed by atoms with van der Waals surface area (Å²) >= 11 is 1.36. The number of nitriles is 1. The van der Waals surface area contributed by atoms with Gasteiger partial charge >= 0.3 is 5.97 Å². The number of hydrogen-bond acceptors (Lipinski definition) is 5. The van der Waals surface area contributed by atoms with Crippen molar-refractivity contribution in [2.24, 2.45) is 17.6 Å². The lowest BCUT2D eigenvalue weighted by atomic mass is 9.78. The van der Waals surface area contributed by atoms with Crippen molar-refractivity contribution in [3.63, 3.8) is 0 Å². The van der Waals surface area contributed by atoms with Gasteiger partial charge in [0.15, 0.2) is 0 Å². The molecule has 1 saturated heterocycles. The average Bonchev–Trinajstić information content (AvgIpc) is 2.60. The zero-order chi connectivity index (χ0) is 15.0. The van der Waals surface area contributed by atoms with E-state index in [1.807, 2.05) is 13.0 Å². The van der Waals surface area contributed by atoms with Gasteiger partial charge in [0, 0.05) is 29.0 Å². The second kappa shape index (κ2) is 5.46. The van der Waals surface area contributed by atoms with Crippen LogP contribution in [0.25, 0.3) is 0 Å². The minimum absolute atomic E-state index is 0.0431. The first-order valence-electron chi connectivity index (χ1n) is 6.47. The summed E-state index contributed by atoms with van der Waals surface area (Å²) in [4.78, 5) is 25.6. The molecule has 0 saturated carbocycles. The van der Waals surface area contributed by atoms with Crippen LogP contribution in [0.2, 0.25) is 0 Å². The maximum atomic E-state index is 12.1. The summed E-state index contributed by atoms with van der Waals surface area (Å²) in [5.74, 6) is -1.11. The largest absolute Gasteiger partial charge is 0.477 e. The molecule has 0 bridgehead atoms. The van der Waals surface area contributed by atoms with Crippen LogP contribution < -0.4 is 5.73 Å². The van der Waals surface area contributed by atoms with E-state index in [-0.39, 0.29) is 35.5 Å². The van der Waals surface area contributed by atoms with E-state index in [4.69, 9.17) is 11.0 Å². The van der Waals surface area contributed by atoms with Crippen molar-refractivity contribution in [2.75, 3.05) is 5.75 Å². The van der Waals surface area contributed by atoms with Crippen LogP contribution in [0.1, 0.15) is 20.3 Å². The molecule has 0 aromatic carbocycles. The summed E-state index contributed by atoms with van der Waals surface area (Å²) in [6.45, 7) is 3.69. The van der Waals surface area contributed by atoms with Gasteiger partial charge in [-0.1, -0.05) is 6.92 Å². The van der Waals surface area contributed by atoms with Gasteiger partial charge < -0.3 is 15.7 Å². The number of nitrogens with two attached hydrogens (primary N) is 1. The van der Waals surface area contributed by atoms with Gasteiger partial charge in [0.1, 0.15) is 5.70 Å². The molecule has 7 heteroatoms. The minimum atomic E-state index is -1.09. The Morgan fingerprint density at radius 2 is 2.30 bits per heavy atom. The standard InChI is InChI=1S/C13H17N3O3S/c1-6-9-8(7(2)15)12(17)16(9)10(13(18)19)11(6)20-5-3-4-14/h6-9H,3,5,15H2,1-2H3,(H,18,19)/t6-,7-,8-,9-/m1/s1. The first-order chi connectivity index (χ1) is 9.41. The molecule has 0 spiro atoms. The van der Waals surface area contributed by atoms with Crippen molar-refractivity contribution in [3.05, 3.63) is 10.6 Å². The van der Waals surface area contributed by atoms with Gasteiger partial charge in [-0.05, 0) is 6.92 Å². The van der Waals surface area contributed by atoms with Crippen LogP contribution in [-0.2, 0) is 9.59 Å². The molecule has 3 N–H and O–H groups in total. The highest BCUT2D eigenvalue weighted by Crippen LogP contribution is 2.50. The molecule has 20 heavy (non-hydrogen) atoms. The molecule has 0 aromatic rings. The second-order valence-corrected chi connectivity index (χ2v) is 6.28. The molecule has 1 amide bonds. The maximum Gasteiger partial charge on any atom is 0.353 e. The van der Waals surface area contributed by atoms with Crippen molar-refractivity contribution >= 4 is 23.6 Å². The van der Waals surface area contributed by atoms with Crippen LogP contribution in [0.15, 0.2) is 10.6 Å². The topological polar surface area (TPSA) is 107 Å². The summed E-state index contributed by atoms with van der Waals surface area (Å²) in [6.07, 6.45) is 0.350. The van der Waals surface area contributed by atoms with E-state index in [1.54, 1.807) is 6.92 Å². The van der Waals surface area contributed by atoms with Crippen LogP contribution in [-0.4, -0.2) is 39.7 Å². The number of amides is 1. The van der Waals surface area contributed by atoms with Gasteiger partial charge in [-0.15, -0.1) is 11.8 Å². The third kappa shape index (κ3) is 2.09. The Balaban J connectivity index is 2.28. The number of aliphatic carboxylic acids is 1. The predicted molar refractivity (Wildman–Crippen MR) is 74.3 cm³/mol. The van der Waals surface area contributed by atoms with E-state index >= 15 is 0 Å². The minimum Gasteiger partial charge on any atom is -0.477 e. The molecule has 0 aromatic heterocycles. The van der Waals surface area contributed by atoms with Gasteiger partial charge in [-0.3, -0.25) is 4.79 Å². The lowest BCUT2D eigenvalue weighted by Gasteiger charge is -2.46. The summed E-state index contributed by atoms with van der Waals surface area (Å²) in [5, 5.41) is 17.9. The second-order valence-electron chi connectivity index (χ2n) is 5.15. The van der Waals surface area contributed by atoms with Crippen molar-refractivity contribution < 1.29 is 14.7 Å². The molecule has 2 heterocycles. The third-order valence-electron chi connectivity index (χ3n) is 3.83. The Labute approximate surface area is 121 Å². The Kier molecular flexibility index (Phi) is 4.06. The normalized spacial score (nSPS) is 29.8. The molecule has 0 radical (unpaired) electrons. The van der Waals surface area contributed by atoms with Crippen molar-refractivity contribution in [3.8, 4) is 6.07 Å². The highest BCUT2D eigenvalue weighted by molar-refractivity contribution is 8.03. The van der Waals surface area contributed by atoms with E-state index in [1.165, 1.54) is 16.7 Å². The highest BCUT2D eigenvalue weighted by Gasteiger charge is 2.59. The summed E-state index contributed by atoms with van der Waals surface area (Å²) in [6, 6.07) is 1.59. The van der Waals surface area contributed by atoms with Gasteiger partial charge in [-0.25, -0.2) is 4.79 Å². The molecular weight excluding hydrogens is 278 g/mol. The molecule has 4 atom stereocenters. The summed E-state index contributed by atoms with van der Waals surface area (Å²) < 4.78 is 0. The Morgan fingerprint density at radius 3 is 2.80 bits per heavy atom. The summed E-state index contributed by atoms with van der Waals surface area (Å²) in [7, 11) is 0. The molecule has 0 aliphatic carbocycles. The van der Waals surface area contributed by atoms with Gasteiger partial charge in [0.25, 0.3) is 0 Å². The van der Waals surface area contributed by atoms with Crippen LogP contribution in [0.4, 0.5) is 0 Å². The summed E-state index contributed by atoms with van der Waals surface area (Å²) in [5.41, 5.74) is 5.91. The first kappa shape index (κ1) is 14.9. The Bertz CT molecular complexity index is 523. The number of carbonyl (C=O) groups excluding carboxylic acids is 1. The van der Waals surface area contributed by atoms with E-state index in [0.717, 1.165) is 0 Å². The number of β-lactam (4-membered cyclic amide) rings is 1. The monoisotopic (exact) mass is 295 g/mol. The molecule has 108 valence electrons. The fourth-order valence-corrected chi connectivity index (χ4v) is 4.10. The number of carbonyl (C=O) groups is 2. The lowest BCUT2D eigenvalue weighted by Crippen LogP contribution is -2.65. The number of rotatable bonds is 5. The predicted octanol–water partition coefficient (Wildman–Crippen LogP) is 0.753. The van der Waals surface area contributed by atoms with E-state index in [9.17, 15) is 14.7 Å². The van der Waals surface area contributed by atoms with Crippen molar-refractivity contribution in [2.45, 2.75) is 32.4 Å². The Hall–Kier alpha value is -1.52. The van der Waals surface area contributed by atoms with Crippen LogP contribution in [0.5, 0.6) is 0 Å². The van der Waals surface area contributed by atoms with Gasteiger partial charge in [0.2, 0.25) is 5.91 Å². The maximum absolute atomic E-state index is 12.1. The smallest absolute Gasteiger partial charge is 0.353 e. The molecular formula is C13H17N3O3S. The lowest BCUT2D eigenvalue weighted by molar-refractivity contribution is -0.157. The molecule has 2 aliphatic heterocycles. The molecule has 0 unspecified atom stereocenters. The van der Waals surface area contributed by atoms with Gasteiger partial charge in [0.05, 0.1) is 18.0 Å². The van der Waals surface area contributed by atoms with Crippen LogP contribution >= 0.6 is 11.8 Å². The number of hydrogen-bond donors (Lipinski definition) is 2. The quantitative estimate of drug-likeness (QED) is 0.572.